The van der Waals surface area contributed by atoms with Crippen molar-refractivity contribution in [3.63, 3.8) is 0 Å². The maximum Gasteiger partial charge on any atom is 0.254 e. The summed E-state index contributed by atoms with van der Waals surface area (Å²) in [6.07, 6.45) is 2.66. The number of hydrogen-bond acceptors (Lipinski definition) is 2. The summed E-state index contributed by atoms with van der Waals surface area (Å²) in [5.74, 6) is 0.0989. The number of fused-ring (bicyclic) bond motifs is 1. The molecule has 18 heavy (non-hydrogen) atoms. The number of benzene rings is 1. The first-order valence-corrected chi connectivity index (χ1v) is 6.11. The van der Waals surface area contributed by atoms with E-state index < -0.39 is 0 Å². The van der Waals surface area contributed by atoms with Crippen molar-refractivity contribution < 1.29 is 4.79 Å². The van der Waals surface area contributed by atoms with Crippen molar-refractivity contribution in [3.05, 3.63) is 52.8 Å². The molecule has 4 nitrogen and oxygen atoms in total. The third-order valence-corrected chi connectivity index (χ3v) is 3.39. The Morgan fingerprint density at radius 2 is 2.11 bits per heavy atom. The minimum Gasteiger partial charge on any atom is -0.334 e. The standard InChI is InChI=1S/C14H15N3O/c1-10-2-4-11(5-3-10)14(18)17-7-6-13-12(9-17)8-15-16-13/h2-5,8H,6-7,9H2,1H3,(H,15,16). The van der Waals surface area contributed by atoms with Gasteiger partial charge in [0, 0.05) is 36.3 Å². The van der Waals surface area contributed by atoms with Crippen LogP contribution in [0.25, 0.3) is 0 Å². The molecule has 1 amide bonds. The summed E-state index contributed by atoms with van der Waals surface area (Å²) in [6.45, 7) is 3.42. The molecule has 1 aliphatic rings. The van der Waals surface area contributed by atoms with Gasteiger partial charge in [0.1, 0.15) is 0 Å². The fraction of sp³-hybridized carbons (Fsp3) is 0.286. The molecule has 0 spiro atoms. The smallest absolute Gasteiger partial charge is 0.254 e. The van der Waals surface area contributed by atoms with Crippen LogP contribution in [0.2, 0.25) is 0 Å². The zero-order chi connectivity index (χ0) is 12.5. The van der Waals surface area contributed by atoms with Crippen LogP contribution in [0.3, 0.4) is 0 Å². The molecule has 1 aliphatic heterocycles. The number of nitrogens with one attached hydrogen (secondary N) is 1. The number of hydrogen-bond donors (Lipinski definition) is 1. The molecule has 0 radical (unpaired) electrons. The maximum absolute atomic E-state index is 12.3. The number of aryl methyl sites for hydroxylation is 1. The van der Waals surface area contributed by atoms with Crippen molar-refractivity contribution in [3.8, 4) is 0 Å². The van der Waals surface area contributed by atoms with E-state index in [0.29, 0.717) is 6.54 Å². The van der Waals surface area contributed by atoms with E-state index in [1.165, 1.54) is 5.56 Å². The molecule has 1 N–H and O–H groups in total. The number of aromatic nitrogens is 2. The molecule has 1 aromatic heterocycles. The lowest BCUT2D eigenvalue weighted by Crippen LogP contribution is -2.35. The zero-order valence-corrected chi connectivity index (χ0v) is 10.3. The normalized spacial score (nSPS) is 14.4. The Morgan fingerprint density at radius 1 is 1.33 bits per heavy atom. The van der Waals surface area contributed by atoms with Gasteiger partial charge >= 0.3 is 0 Å². The second-order valence-corrected chi connectivity index (χ2v) is 4.72. The van der Waals surface area contributed by atoms with Crippen LogP contribution in [-0.2, 0) is 13.0 Å². The number of amides is 1. The third kappa shape index (κ3) is 1.90. The topological polar surface area (TPSA) is 49.0 Å². The number of nitrogens with zero attached hydrogens (tertiary/aromatic N) is 2. The van der Waals surface area contributed by atoms with E-state index in [0.717, 1.165) is 29.8 Å². The minimum absolute atomic E-state index is 0.0989. The van der Waals surface area contributed by atoms with Crippen LogP contribution in [0, 0.1) is 6.92 Å². The van der Waals surface area contributed by atoms with Gasteiger partial charge in [0.25, 0.3) is 5.91 Å². The molecule has 2 heterocycles. The summed E-state index contributed by atoms with van der Waals surface area (Å²) in [6, 6.07) is 7.73. The number of carbonyl (C=O) groups excluding carboxylic acids is 1. The SMILES string of the molecule is Cc1ccc(C(=O)N2CCc3[nH]ncc3C2)cc1. The van der Waals surface area contributed by atoms with E-state index in [1.807, 2.05) is 42.3 Å². The van der Waals surface area contributed by atoms with E-state index in [2.05, 4.69) is 10.2 Å². The lowest BCUT2D eigenvalue weighted by Gasteiger charge is -2.26. The summed E-state index contributed by atoms with van der Waals surface area (Å²) in [5, 5.41) is 7.00. The van der Waals surface area contributed by atoms with Gasteiger partial charge in [0.15, 0.2) is 0 Å². The first kappa shape index (κ1) is 11.0. The van der Waals surface area contributed by atoms with Gasteiger partial charge in [-0.2, -0.15) is 5.10 Å². The molecule has 2 aromatic rings. The Kier molecular flexibility index (Phi) is 2.63. The molecule has 92 valence electrons. The molecular weight excluding hydrogens is 226 g/mol. The Labute approximate surface area is 106 Å². The molecular formula is C14H15N3O. The van der Waals surface area contributed by atoms with Gasteiger partial charge in [-0.05, 0) is 19.1 Å². The van der Waals surface area contributed by atoms with Crippen molar-refractivity contribution in [2.24, 2.45) is 0 Å². The molecule has 1 aromatic carbocycles. The van der Waals surface area contributed by atoms with E-state index in [9.17, 15) is 4.79 Å². The Hall–Kier alpha value is -2.10. The highest BCUT2D eigenvalue weighted by Crippen LogP contribution is 2.18. The number of rotatable bonds is 1. The lowest BCUT2D eigenvalue weighted by molar-refractivity contribution is 0.0734. The summed E-state index contributed by atoms with van der Waals surface area (Å²) in [4.78, 5) is 14.2. The van der Waals surface area contributed by atoms with Crippen molar-refractivity contribution >= 4 is 5.91 Å². The fourth-order valence-corrected chi connectivity index (χ4v) is 2.27. The maximum atomic E-state index is 12.3. The lowest BCUT2D eigenvalue weighted by atomic mass is 10.1. The first-order valence-electron chi connectivity index (χ1n) is 6.11. The van der Waals surface area contributed by atoms with Crippen molar-refractivity contribution in [2.45, 2.75) is 19.9 Å². The van der Waals surface area contributed by atoms with Crippen LogP contribution in [0.4, 0.5) is 0 Å². The van der Waals surface area contributed by atoms with Gasteiger partial charge in [-0.1, -0.05) is 17.7 Å². The summed E-state index contributed by atoms with van der Waals surface area (Å²) < 4.78 is 0. The second-order valence-electron chi connectivity index (χ2n) is 4.72. The van der Waals surface area contributed by atoms with E-state index in [4.69, 9.17) is 0 Å². The first-order chi connectivity index (χ1) is 8.74. The Morgan fingerprint density at radius 3 is 2.89 bits per heavy atom. The molecule has 0 atom stereocenters. The van der Waals surface area contributed by atoms with Crippen molar-refractivity contribution in [1.82, 2.24) is 15.1 Å². The highest BCUT2D eigenvalue weighted by atomic mass is 16.2. The number of H-pyrrole nitrogens is 1. The van der Waals surface area contributed by atoms with Gasteiger partial charge in [-0.3, -0.25) is 9.89 Å². The largest absolute Gasteiger partial charge is 0.334 e. The van der Waals surface area contributed by atoms with Crippen LogP contribution in [0.5, 0.6) is 0 Å². The second kappa shape index (κ2) is 4.29. The van der Waals surface area contributed by atoms with Crippen LogP contribution in [0.15, 0.2) is 30.5 Å². The molecule has 0 bridgehead atoms. The van der Waals surface area contributed by atoms with Gasteiger partial charge in [-0.25, -0.2) is 0 Å². The van der Waals surface area contributed by atoms with Gasteiger partial charge in [0.2, 0.25) is 0 Å². The van der Waals surface area contributed by atoms with Crippen molar-refractivity contribution in [2.75, 3.05) is 6.54 Å². The van der Waals surface area contributed by atoms with Gasteiger partial charge < -0.3 is 4.90 Å². The predicted octanol–water partition coefficient (Wildman–Crippen LogP) is 1.92. The monoisotopic (exact) mass is 241 g/mol. The van der Waals surface area contributed by atoms with Crippen LogP contribution < -0.4 is 0 Å². The van der Waals surface area contributed by atoms with Crippen LogP contribution in [0.1, 0.15) is 27.2 Å². The van der Waals surface area contributed by atoms with Gasteiger partial charge in [0.05, 0.1) is 6.20 Å². The zero-order valence-electron chi connectivity index (χ0n) is 10.3. The average Bonchev–Trinajstić information content (AvgIpc) is 2.86. The Bertz CT molecular complexity index is 571. The molecule has 0 saturated heterocycles. The molecule has 0 aliphatic carbocycles. The van der Waals surface area contributed by atoms with Crippen LogP contribution >= 0.6 is 0 Å². The van der Waals surface area contributed by atoms with Gasteiger partial charge in [-0.15, -0.1) is 0 Å². The highest BCUT2D eigenvalue weighted by molar-refractivity contribution is 5.94. The van der Waals surface area contributed by atoms with Crippen LogP contribution in [-0.4, -0.2) is 27.5 Å². The minimum atomic E-state index is 0.0989. The molecule has 4 heteroatoms. The molecule has 0 saturated carbocycles. The summed E-state index contributed by atoms with van der Waals surface area (Å²) >= 11 is 0. The third-order valence-electron chi connectivity index (χ3n) is 3.39. The van der Waals surface area contributed by atoms with E-state index in [1.54, 1.807) is 0 Å². The van der Waals surface area contributed by atoms with E-state index in [-0.39, 0.29) is 5.91 Å². The highest BCUT2D eigenvalue weighted by Gasteiger charge is 2.22. The number of aromatic amines is 1. The summed E-state index contributed by atoms with van der Waals surface area (Å²) in [5.41, 5.74) is 4.21. The molecule has 0 fully saturated rings. The molecule has 0 unspecified atom stereocenters. The quantitative estimate of drug-likeness (QED) is 0.829. The number of carbonyl (C=O) groups is 1. The van der Waals surface area contributed by atoms with E-state index >= 15 is 0 Å². The average molecular weight is 241 g/mol. The van der Waals surface area contributed by atoms with Crippen molar-refractivity contribution in [1.29, 1.82) is 0 Å². The summed E-state index contributed by atoms with van der Waals surface area (Å²) in [7, 11) is 0. The predicted molar refractivity (Wildman–Crippen MR) is 68.2 cm³/mol. The Balaban J connectivity index is 1.80. The molecule has 3 rings (SSSR count). The fourth-order valence-electron chi connectivity index (χ4n) is 2.27.